The molecule has 0 spiro atoms. The Morgan fingerprint density at radius 3 is 2.06 bits per heavy atom. The summed E-state index contributed by atoms with van der Waals surface area (Å²) in [5.41, 5.74) is 1.75. The SMILES string of the molecule is O=C(CCl)Nc1ccc(N(CCCl)CCCl)cc1. The van der Waals surface area contributed by atoms with Crippen molar-refractivity contribution in [2.45, 2.75) is 0 Å². The van der Waals surface area contributed by atoms with Gasteiger partial charge in [0.05, 0.1) is 0 Å². The fourth-order valence-electron chi connectivity index (χ4n) is 1.52. The first-order valence-corrected chi connectivity index (χ1v) is 7.14. The summed E-state index contributed by atoms with van der Waals surface area (Å²) in [6, 6.07) is 7.50. The van der Waals surface area contributed by atoms with E-state index in [4.69, 9.17) is 34.8 Å². The van der Waals surface area contributed by atoms with Crippen molar-refractivity contribution in [2.75, 3.05) is 40.9 Å². The Morgan fingerprint density at radius 2 is 1.61 bits per heavy atom. The van der Waals surface area contributed by atoms with Gasteiger partial charge < -0.3 is 10.2 Å². The summed E-state index contributed by atoms with van der Waals surface area (Å²) >= 11 is 16.9. The first kappa shape index (κ1) is 15.4. The van der Waals surface area contributed by atoms with Gasteiger partial charge in [0, 0.05) is 36.2 Å². The fourth-order valence-corrected chi connectivity index (χ4v) is 2.00. The van der Waals surface area contributed by atoms with Crippen molar-refractivity contribution in [3.8, 4) is 0 Å². The summed E-state index contributed by atoms with van der Waals surface area (Å²) in [5, 5.41) is 2.68. The van der Waals surface area contributed by atoms with Crippen molar-refractivity contribution in [1.29, 1.82) is 0 Å². The van der Waals surface area contributed by atoms with E-state index in [1.54, 1.807) is 0 Å². The highest BCUT2D eigenvalue weighted by atomic mass is 35.5. The molecule has 0 fully saturated rings. The number of nitrogens with one attached hydrogen (secondary N) is 1. The lowest BCUT2D eigenvalue weighted by atomic mass is 10.2. The van der Waals surface area contributed by atoms with Gasteiger partial charge in [-0.25, -0.2) is 0 Å². The molecule has 1 aromatic rings. The van der Waals surface area contributed by atoms with E-state index in [9.17, 15) is 4.79 Å². The maximum Gasteiger partial charge on any atom is 0.239 e. The second-order valence-corrected chi connectivity index (χ2v) is 4.62. The molecule has 0 aliphatic rings. The summed E-state index contributed by atoms with van der Waals surface area (Å²) in [6.45, 7) is 1.48. The van der Waals surface area contributed by atoms with Crippen LogP contribution in [-0.2, 0) is 4.79 Å². The molecule has 1 rings (SSSR count). The molecule has 0 aromatic heterocycles. The van der Waals surface area contributed by atoms with Gasteiger partial charge >= 0.3 is 0 Å². The maximum absolute atomic E-state index is 11.1. The van der Waals surface area contributed by atoms with Gasteiger partial charge in [0.15, 0.2) is 0 Å². The molecule has 0 saturated carbocycles. The van der Waals surface area contributed by atoms with E-state index >= 15 is 0 Å². The van der Waals surface area contributed by atoms with Crippen molar-refractivity contribution in [3.05, 3.63) is 24.3 Å². The molecule has 0 unspecified atom stereocenters. The van der Waals surface area contributed by atoms with E-state index in [0.717, 1.165) is 24.5 Å². The Hall–Kier alpha value is -0.640. The summed E-state index contributed by atoms with van der Waals surface area (Å²) < 4.78 is 0. The number of hydrogen-bond acceptors (Lipinski definition) is 2. The van der Waals surface area contributed by atoms with Crippen LogP contribution in [0.2, 0.25) is 0 Å². The maximum atomic E-state index is 11.1. The van der Waals surface area contributed by atoms with Crippen LogP contribution in [0.3, 0.4) is 0 Å². The van der Waals surface area contributed by atoms with Crippen molar-refractivity contribution in [1.82, 2.24) is 0 Å². The molecule has 1 amide bonds. The zero-order valence-corrected chi connectivity index (χ0v) is 12.1. The molecule has 0 saturated heterocycles. The standard InChI is InChI=1S/C12H15Cl3N2O/c13-5-7-17(8-6-14)11-3-1-10(2-4-11)16-12(18)9-15/h1-4H,5-9H2,(H,16,18). The summed E-state index contributed by atoms with van der Waals surface area (Å²) in [6.07, 6.45) is 0. The lowest BCUT2D eigenvalue weighted by Crippen LogP contribution is -2.27. The molecule has 0 bridgehead atoms. The van der Waals surface area contributed by atoms with Gasteiger partial charge in [-0.1, -0.05) is 0 Å². The van der Waals surface area contributed by atoms with Crippen LogP contribution in [0.15, 0.2) is 24.3 Å². The molecule has 1 aromatic carbocycles. The van der Waals surface area contributed by atoms with Crippen molar-refractivity contribution in [2.24, 2.45) is 0 Å². The molecule has 6 heteroatoms. The lowest BCUT2D eigenvalue weighted by molar-refractivity contribution is -0.113. The largest absolute Gasteiger partial charge is 0.369 e. The van der Waals surface area contributed by atoms with Crippen molar-refractivity contribution in [3.63, 3.8) is 0 Å². The Labute approximate surface area is 122 Å². The van der Waals surface area contributed by atoms with Crippen LogP contribution >= 0.6 is 34.8 Å². The molecular weight excluding hydrogens is 295 g/mol. The van der Waals surface area contributed by atoms with E-state index in [1.165, 1.54) is 0 Å². The van der Waals surface area contributed by atoms with Gasteiger partial charge in [-0.15, -0.1) is 34.8 Å². The van der Waals surface area contributed by atoms with Crippen LogP contribution in [-0.4, -0.2) is 36.6 Å². The number of benzene rings is 1. The molecule has 0 aliphatic heterocycles. The molecule has 1 N–H and O–H groups in total. The Balaban J connectivity index is 2.70. The summed E-state index contributed by atoms with van der Waals surface area (Å²) in [5.74, 6) is 0.818. The molecule has 0 aliphatic carbocycles. The Morgan fingerprint density at radius 1 is 1.06 bits per heavy atom. The van der Waals surface area contributed by atoms with Gasteiger partial charge in [0.2, 0.25) is 5.91 Å². The number of amides is 1. The zero-order valence-electron chi connectivity index (χ0n) is 9.83. The van der Waals surface area contributed by atoms with Crippen LogP contribution in [0.5, 0.6) is 0 Å². The van der Waals surface area contributed by atoms with E-state index in [1.807, 2.05) is 24.3 Å². The van der Waals surface area contributed by atoms with Crippen LogP contribution in [0, 0.1) is 0 Å². The van der Waals surface area contributed by atoms with Crippen LogP contribution in [0.1, 0.15) is 0 Å². The molecule has 0 radical (unpaired) electrons. The van der Waals surface area contributed by atoms with Crippen molar-refractivity contribution < 1.29 is 4.79 Å². The van der Waals surface area contributed by atoms with E-state index in [2.05, 4.69) is 10.2 Å². The third-order valence-corrected chi connectivity index (χ3v) is 2.93. The van der Waals surface area contributed by atoms with Gasteiger partial charge in [-0.05, 0) is 24.3 Å². The first-order valence-electron chi connectivity index (χ1n) is 5.54. The number of rotatable bonds is 7. The molecule has 3 nitrogen and oxygen atoms in total. The van der Waals surface area contributed by atoms with E-state index in [0.29, 0.717) is 11.8 Å². The summed E-state index contributed by atoms with van der Waals surface area (Å²) in [4.78, 5) is 13.2. The van der Waals surface area contributed by atoms with E-state index < -0.39 is 0 Å². The second-order valence-electron chi connectivity index (χ2n) is 3.59. The number of carbonyl (C=O) groups excluding carboxylic acids is 1. The van der Waals surface area contributed by atoms with Crippen molar-refractivity contribution >= 4 is 52.1 Å². The molecular formula is C12H15Cl3N2O. The quantitative estimate of drug-likeness (QED) is 0.785. The predicted molar refractivity (Wildman–Crippen MR) is 79.4 cm³/mol. The predicted octanol–water partition coefficient (Wildman–Crippen LogP) is 3.15. The fraction of sp³-hybridized carbons (Fsp3) is 0.417. The van der Waals surface area contributed by atoms with Crippen LogP contribution < -0.4 is 10.2 Å². The highest BCUT2D eigenvalue weighted by molar-refractivity contribution is 6.29. The minimum Gasteiger partial charge on any atom is -0.369 e. The van der Waals surface area contributed by atoms with Gasteiger partial charge in [-0.3, -0.25) is 4.79 Å². The topological polar surface area (TPSA) is 32.3 Å². The Bertz CT molecular complexity index is 364. The minimum atomic E-state index is -0.220. The number of hydrogen-bond donors (Lipinski definition) is 1. The number of nitrogens with zero attached hydrogens (tertiary/aromatic N) is 1. The summed E-state index contributed by atoms with van der Waals surface area (Å²) in [7, 11) is 0. The minimum absolute atomic E-state index is 0.0492. The molecule has 100 valence electrons. The average Bonchev–Trinajstić information content (AvgIpc) is 2.39. The van der Waals surface area contributed by atoms with Gasteiger partial charge in [0.1, 0.15) is 5.88 Å². The first-order chi connectivity index (χ1) is 8.71. The second kappa shape index (κ2) is 8.46. The smallest absolute Gasteiger partial charge is 0.239 e. The molecule has 0 heterocycles. The number of carbonyl (C=O) groups is 1. The Kier molecular flexibility index (Phi) is 7.25. The third kappa shape index (κ3) is 4.92. The van der Waals surface area contributed by atoms with Gasteiger partial charge in [0.25, 0.3) is 0 Å². The van der Waals surface area contributed by atoms with Crippen LogP contribution in [0.4, 0.5) is 11.4 Å². The van der Waals surface area contributed by atoms with Gasteiger partial charge in [-0.2, -0.15) is 0 Å². The molecule has 0 atom stereocenters. The normalized spacial score (nSPS) is 10.2. The number of alkyl halides is 3. The highest BCUT2D eigenvalue weighted by Crippen LogP contribution is 2.18. The lowest BCUT2D eigenvalue weighted by Gasteiger charge is -2.23. The number of anilines is 2. The van der Waals surface area contributed by atoms with Crippen LogP contribution in [0.25, 0.3) is 0 Å². The number of halogens is 3. The highest BCUT2D eigenvalue weighted by Gasteiger charge is 2.06. The van der Waals surface area contributed by atoms with E-state index in [-0.39, 0.29) is 11.8 Å². The zero-order chi connectivity index (χ0) is 13.4. The average molecular weight is 310 g/mol. The monoisotopic (exact) mass is 308 g/mol. The third-order valence-electron chi connectivity index (χ3n) is 2.35. The molecule has 18 heavy (non-hydrogen) atoms.